The van der Waals surface area contributed by atoms with E-state index in [-0.39, 0.29) is 23.2 Å². The van der Waals surface area contributed by atoms with Crippen molar-refractivity contribution in [3.05, 3.63) is 48.0 Å². The molecule has 1 heterocycles. The zero-order chi connectivity index (χ0) is 16.9. The average Bonchev–Trinajstić information content (AvgIpc) is 2.98. The molecule has 0 fully saturated rings. The Morgan fingerprint density at radius 3 is 2.92 bits per heavy atom. The Kier molecular flexibility index (Phi) is 4.97. The molecule has 0 radical (unpaired) electrons. The van der Waals surface area contributed by atoms with Gasteiger partial charge in [0, 0.05) is 11.6 Å². The normalized spacial score (nSPS) is 11.2. The predicted molar refractivity (Wildman–Crippen MR) is 95.9 cm³/mol. The van der Waals surface area contributed by atoms with Crippen LogP contribution < -0.4 is 5.43 Å². The lowest BCUT2D eigenvalue weighted by Gasteiger charge is -2.00. The van der Waals surface area contributed by atoms with Crippen molar-refractivity contribution in [3.8, 4) is 11.5 Å². The van der Waals surface area contributed by atoms with E-state index in [1.54, 1.807) is 0 Å². The number of nitrogens with zero attached hydrogens (tertiary/aromatic N) is 2. The molecule has 2 aromatic carbocycles. The van der Waals surface area contributed by atoms with E-state index in [1.807, 2.05) is 24.3 Å². The summed E-state index contributed by atoms with van der Waals surface area (Å²) in [5.41, 5.74) is 3.71. The summed E-state index contributed by atoms with van der Waals surface area (Å²) in [6, 6.07) is 11.9. The molecule has 24 heavy (non-hydrogen) atoms. The van der Waals surface area contributed by atoms with E-state index in [9.17, 15) is 15.0 Å². The fraction of sp³-hybridized carbons (Fsp3) is 0.0625. The standard InChI is InChI=1S/C16H13N3O3S2/c20-11-6-5-10(13(21)7-11)8-17-19-15(22)9-23-16-18-12-3-1-2-4-14(12)24-16/h1-8,20-21H,9H2,(H,19,22). The van der Waals surface area contributed by atoms with Gasteiger partial charge in [-0.2, -0.15) is 5.10 Å². The van der Waals surface area contributed by atoms with Crippen LogP contribution in [0.5, 0.6) is 11.5 Å². The molecule has 3 rings (SSSR count). The molecule has 3 aromatic rings. The summed E-state index contributed by atoms with van der Waals surface area (Å²) in [6.45, 7) is 0. The van der Waals surface area contributed by atoms with Crippen LogP contribution in [0.15, 0.2) is 51.9 Å². The van der Waals surface area contributed by atoms with Crippen LogP contribution in [0, 0.1) is 0 Å². The minimum Gasteiger partial charge on any atom is -0.508 e. The molecule has 0 saturated heterocycles. The summed E-state index contributed by atoms with van der Waals surface area (Å²) >= 11 is 2.88. The van der Waals surface area contributed by atoms with Gasteiger partial charge in [0.2, 0.25) is 0 Å². The van der Waals surface area contributed by atoms with Crippen LogP contribution in [-0.2, 0) is 4.79 Å². The number of thioether (sulfide) groups is 1. The highest BCUT2D eigenvalue weighted by Gasteiger charge is 2.07. The van der Waals surface area contributed by atoms with E-state index < -0.39 is 0 Å². The fourth-order valence-electron chi connectivity index (χ4n) is 1.89. The van der Waals surface area contributed by atoms with Crippen LogP contribution >= 0.6 is 23.1 Å². The zero-order valence-electron chi connectivity index (χ0n) is 12.3. The number of fused-ring (bicyclic) bond motifs is 1. The van der Waals surface area contributed by atoms with Gasteiger partial charge in [0.1, 0.15) is 11.5 Å². The van der Waals surface area contributed by atoms with Gasteiger partial charge >= 0.3 is 0 Å². The molecular weight excluding hydrogens is 346 g/mol. The van der Waals surface area contributed by atoms with Crippen molar-refractivity contribution in [2.45, 2.75) is 4.34 Å². The fourth-order valence-corrected chi connectivity index (χ4v) is 3.75. The minimum atomic E-state index is -0.270. The first-order valence-electron chi connectivity index (χ1n) is 6.94. The van der Waals surface area contributed by atoms with Crippen molar-refractivity contribution in [2.75, 3.05) is 5.75 Å². The van der Waals surface area contributed by atoms with Crippen LogP contribution in [0.4, 0.5) is 0 Å². The Balaban J connectivity index is 1.53. The van der Waals surface area contributed by atoms with Crippen LogP contribution in [0.1, 0.15) is 5.56 Å². The molecule has 0 atom stereocenters. The molecule has 1 aromatic heterocycles. The number of thiazole rings is 1. The molecule has 0 spiro atoms. The first-order chi connectivity index (χ1) is 11.6. The highest BCUT2D eigenvalue weighted by atomic mass is 32.2. The van der Waals surface area contributed by atoms with Crippen molar-refractivity contribution in [2.24, 2.45) is 5.10 Å². The molecule has 1 amide bonds. The predicted octanol–water partition coefficient (Wildman–Crippen LogP) is 2.95. The number of hydrazone groups is 1. The molecule has 0 aliphatic heterocycles. The molecule has 0 aliphatic rings. The van der Waals surface area contributed by atoms with Crippen molar-refractivity contribution in [1.82, 2.24) is 10.4 Å². The number of carbonyl (C=O) groups excluding carboxylic acids is 1. The summed E-state index contributed by atoms with van der Waals surface area (Å²) in [7, 11) is 0. The average molecular weight is 359 g/mol. The molecule has 0 bridgehead atoms. The number of benzene rings is 2. The molecule has 0 unspecified atom stereocenters. The van der Waals surface area contributed by atoms with Crippen molar-refractivity contribution in [3.63, 3.8) is 0 Å². The highest BCUT2D eigenvalue weighted by molar-refractivity contribution is 8.01. The smallest absolute Gasteiger partial charge is 0.250 e. The van der Waals surface area contributed by atoms with Gasteiger partial charge in [-0.05, 0) is 24.3 Å². The van der Waals surface area contributed by atoms with Gasteiger partial charge in [0.05, 0.1) is 22.2 Å². The second kappa shape index (κ2) is 7.33. The van der Waals surface area contributed by atoms with Crippen LogP contribution in [-0.4, -0.2) is 33.1 Å². The SMILES string of the molecule is O=C(CSc1nc2ccccc2s1)NN=Cc1ccc(O)cc1O. The van der Waals surface area contributed by atoms with Gasteiger partial charge in [-0.15, -0.1) is 11.3 Å². The summed E-state index contributed by atoms with van der Waals surface area (Å²) in [4.78, 5) is 16.2. The lowest BCUT2D eigenvalue weighted by Crippen LogP contribution is -2.19. The molecule has 0 aliphatic carbocycles. The van der Waals surface area contributed by atoms with Crippen LogP contribution in [0.2, 0.25) is 0 Å². The lowest BCUT2D eigenvalue weighted by atomic mass is 10.2. The zero-order valence-corrected chi connectivity index (χ0v) is 14.0. The summed E-state index contributed by atoms with van der Waals surface area (Å²) < 4.78 is 1.91. The lowest BCUT2D eigenvalue weighted by molar-refractivity contribution is -0.118. The summed E-state index contributed by atoms with van der Waals surface area (Å²) in [6.07, 6.45) is 1.31. The number of amides is 1. The van der Waals surface area contributed by atoms with E-state index in [4.69, 9.17) is 0 Å². The largest absolute Gasteiger partial charge is 0.508 e. The molecule has 8 heteroatoms. The number of hydrogen-bond acceptors (Lipinski definition) is 7. The van der Waals surface area contributed by atoms with E-state index in [2.05, 4.69) is 15.5 Å². The second-order valence-electron chi connectivity index (χ2n) is 4.77. The van der Waals surface area contributed by atoms with Gasteiger partial charge in [-0.25, -0.2) is 10.4 Å². The Labute approximate surface area is 145 Å². The monoisotopic (exact) mass is 359 g/mol. The number of phenols is 2. The van der Waals surface area contributed by atoms with Crippen molar-refractivity contribution in [1.29, 1.82) is 0 Å². The van der Waals surface area contributed by atoms with E-state index in [0.717, 1.165) is 14.6 Å². The maximum atomic E-state index is 11.8. The molecule has 122 valence electrons. The maximum absolute atomic E-state index is 11.8. The summed E-state index contributed by atoms with van der Waals surface area (Å²) in [5, 5.41) is 22.6. The molecular formula is C16H13N3O3S2. The number of carbonyl (C=O) groups is 1. The third-order valence-electron chi connectivity index (χ3n) is 3.01. The highest BCUT2D eigenvalue weighted by Crippen LogP contribution is 2.29. The molecule has 6 nitrogen and oxygen atoms in total. The van der Waals surface area contributed by atoms with E-state index in [0.29, 0.717) is 5.56 Å². The number of phenolic OH excluding ortho intramolecular Hbond substituents is 2. The Bertz CT molecular complexity index is 875. The third-order valence-corrected chi connectivity index (χ3v) is 5.19. The summed E-state index contributed by atoms with van der Waals surface area (Å²) in [5.74, 6) is -0.231. The van der Waals surface area contributed by atoms with Gasteiger partial charge < -0.3 is 10.2 Å². The maximum Gasteiger partial charge on any atom is 0.250 e. The second-order valence-corrected chi connectivity index (χ2v) is 7.03. The quantitative estimate of drug-likeness (QED) is 0.370. The topological polar surface area (TPSA) is 94.8 Å². The Morgan fingerprint density at radius 2 is 2.12 bits per heavy atom. The van der Waals surface area contributed by atoms with Crippen molar-refractivity contribution < 1.29 is 15.0 Å². The number of para-hydroxylation sites is 1. The minimum absolute atomic E-state index is 0.0408. The molecule has 0 saturated carbocycles. The first-order valence-corrected chi connectivity index (χ1v) is 8.74. The first kappa shape index (κ1) is 16.3. The van der Waals surface area contributed by atoms with Crippen LogP contribution in [0.3, 0.4) is 0 Å². The molecule has 3 N–H and O–H groups in total. The van der Waals surface area contributed by atoms with Gasteiger partial charge in [-0.1, -0.05) is 23.9 Å². The van der Waals surface area contributed by atoms with Gasteiger partial charge in [0.15, 0.2) is 4.34 Å². The van der Waals surface area contributed by atoms with Crippen LogP contribution in [0.25, 0.3) is 10.2 Å². The van der Waals surface area contributed by atoms with Crippen molar-refractivity contribution >= 4 is 45.4 Å². The number of nitrogens with one attached hydrogen (secondary N) is 1. The number of hydrogen-bond donors (Lipinski definition) is 3. The Morgan fingerprint density at radius 1 is 1.29 bits per heavy atom. The number of aromatic nitrogens is 1. The van der Waals surface area contributed by atoms with Gasteiger partial charge in [-0.3, -0.25) is 4.79 Å². The number of rotatable bonds is 5. The van der Waals surface area contributed by atoms with Gasteiger partial charge in [0.25, 0.3) is 5.91 Å². The Hall–Kier alpha value is -2.58. The third kappa shape index (κ3) is 4.03. The van der Waals surface area contributed by atoms with E-state index >= 15 is 0 Å². The van der Waals surface area contributed by atoms with E-state index in [1.165, 1.54) is 47.5 Å². The number of aromatic hydroxyl groups is 2.